The van der Waals surface area contributed by atoms with E-state index in [2.05, 4.69) is 15.5 Å². The van der Waals surface area contributed by atoms with Crippen molar-refractivity contribution in [3.8, 4) is 0 Å². The third-order valence-electron chi connectivity index (χ3n) is 10.1. The first-order valence-electron chi connectivity index (χ1n) is 18.2. The molecule has 6 atom stereocenters. The molecule has 2 heterocycles. The zero-order chi connectivity index (χ0) is 35.0. The van der Waals surface area contributed by atoms with E-state index >= 15 is 0 Å². The van der Waals surface area contributed by atoms with Crippen molar-refractivity contribution in [1.29, 1.82) is 0 Å². The number of unbranched alkanes of at least 4 members (excludes halogenated alkanes) is 2. The summed E-state index contributed by atoms with van der Waals surface area (Å²) >= 11 is 0. The molecule has 2 aromatic rings. The summed E-state index contributed by atoms with van der Waals surface area (Å²) in [5, 5.41) is 24.6. The molecule has 1 aliphatic carbocycles. The topological polar surface area (TPSA) is 137 Å². The first-order valence-corrected chi connectivity index (χ1v) is 18.2. The monoisotopic (exact) mass is 677 g/mol. The Morgan fingerprint density at radius 3 is 2.24 bits per heavy atom. The molecule has 0 bridgehead atoms. The molecule has 2 saturated heterocycles. The number of aliphatic hydroxyl groups is 1. The number of benzene rings is 2. The van der Waals surface area contributed by atoms with Gasteiger partial charge in [-0.1, -0.05) is 55.7 Å². The summed E-state index contributed by atoms with van der Waals surface area (Å²) in [5.74, 6) is -0.233. The number of carboxylic acid groups (broad SMARTS) is 1. The first-order chi connectivity index (χ1) is 23.5. The van der Waals surface area contributed by atoms with Crippen LogP contribution in [0.25, 0.3) is 0 Å². The third-order valence-corrected chi connectivity index (χ3v) is 10.1. The predicted octanol–water partition coefficient (Wildman–Crippen LogP) is 6.64. The summed E-state index contributed by atoms with van der Waals surface area (Å²) in [6.07, 6.45) is 8.57. The van der Waals surface area contributed by atoms with Crippen molar-refractivity contribution in [3.63, 3.8) is 0 Å². The van der Waals surface area contributed by atoms with E-state index in [4.69, 9.17) is 14.6 Å². The number of anilines is 1. The van der Waals surface area contributed by atoms with E-state index in [0.29, 0.717) is 56.3 Å². The molecule has 268 valence electrons. The molecule has 1 saturated carbocycles. The highest BCUT2D eigenvalue weighted by Crippen LogP contribution is 2.42. The number of hydrogen-bond donors (Lipinski definition) is 4. The highest BCUT2D eigenvalue weighted by atomic mass is 16.7. The maximum atomic E-state index is 13.7. The number of hydrogen-bond acceptors (Lipinski definition) is 7. The summed E-state index contributed by atoms with van der Waals surface area (Å²) in [7, 11) is 0. The zero-order valence-electron chi connectivity index (χ0n) is 29.4. The van der Waals surface area contributed by atoms with Crippen LogP contribution in [0, 0.1) is 5.92 Å². The van der Waals surface area contributed by atoms with Crippen LogP contribution in [0.15, 0.2) is 48.5 Å². The van der Waals surface area contributed by atoms with E-state index in [0.717, 1.165) is 36.0 Å². The van der Waals surface area contributed by atoms with Gasteiger partial charge in [0.25, 0.3) is 0 Å². The number of carbonyl (C=O) groups is 3. The van der Waals surface area contributed by atoms with E-state index in [1.54, 1.807) is 0 Å². The molecule has 2 aromatic carbocycles. The summed E-state index contributed by atoms with van der Waals surface area (Å²) in [6.45, 7) is 6.70. The summed E-state index contributed by atoms with van der Waals surface area (Å²) < 4.78 is 13.3. The Morgan fingerprint density at radius 1 is 0.857 bits per heavy atom. The largest absolute Gasteiger partial charge is 0.481 e. The van der Waals surface area contributed by atoms with E-state index in [-0.39, 0.29) is 48.6 Å². The Morgan fingerprint density at radius 2 is 1.55 bits per heavy atom. The quantitative estimate of drug-likeness (QED) is 0.173. The van der Waals surface area contributed by atoms with Gasteiger partial charge in [0, 0.05) is 48.6 Å². The van der Waals surface area contributed by atoms with E-state index in [1.165, 1.54) is 19.3 Å². The SMILES string of the molecule is CC(C)(C)NC(=O)C1CCC2CCCCC2N1CC1CC(c2ccc(CO)cc2)OC(c2ccc(NC(=O)CCCCCC(=O)O)cc2)O1. The molecule has 10 nitrogen and oxygen atoms in total. The molecule has 49 heavy (non-hydrogen) atoms. The molecule has 5 rings (SSSR count). The van der Waals surface area contributed by atoms with Crippen LogP contribution in [-0.4, -0.2) is 63.2 Å². The van der Waals surface area contributed by atoms with Crippen LogP contribution < -0.4 is 10.6 Å². The van der Waals surface area contributed by atoms with Gasteiger partial charge in [-0.3, -0.25) is 19.3 Å². The number of carbonyl (C=O) groups excluding carboxylic acids is 2. The predicted molar refractivity (Wildman–Crippen MR) is 188 cm³/mol. The highest BCUT2D eigenvalue weighted by molar-refractivity contribution is 5.90. The number of amides is 2. The van der Waals surface area contributed by atoms with Gasteiger partial charge in [0.15, 0.2) is 6.29 Å². The Labute approximate surface area is 290 Å². The smallest absolute Gasteiger partial charge is 0.303 e. The molecule has 0 spiro atoms. The normalized spacial score (nSPS) is 26.0. The fraction of sp³-hybridized carbons (Fsp3) is 0.615. The Hall–Kier alpha value is -3.31. The fourth-order valence-corrected chi connectivity index (χ4v) is 7.68. The lowest BCUT2D eigenvalue weighted by Gasteiger charge is -2.50. The number of aliphatic hydroxyl groups excluding tert-OH is 1. The van der Waals surface area contributed by atoms with Gasteiger partial charge in [0.05, 0.1) is 24.9 Å². The summed E-state index contributed by atoms with van der Waals surface area (Å²) in [5.41, 5.74) is 3.05. The minimum atomic E-state index is -0.815. The highest BCUT2D eigenvalue weighted by Gasteiger charge is 2.44. The van der Waals surface area contributed by atoms with E-state index in [9.17, 15) is 19.5 Å². The van der Waals surface area contributed by atoms with Gasteiger partial charge in [0.1, 0.15) is 0 Å². The van der Waals surface area contributed by atoms with Gasteiger partial charge < -0.3 is 30.3 Å². The minimum absolute atomic E-state index is 0.0245. The maximum Gasteiger partial charge on any atom is 0.303 e. The molecular formula is C39H55N3O7. The van der Waals surface area contributed by atoms with Crippen LogP contribution in [0.3, 0.4) is 0 Å². The van der Waals surface area contributed by atoms with E-state index in [1.807, 2.05) is 69.3 Å². The minimum Gasteiger partial charge on any atom is -0.481 e. The second kappa shape index (κ2) is 17.1. The van der Waals surface area contributed by atoms with Gasteiger partial charge in [0.2, 0.25) is 11.8 Å². The van der Waals surface area contributed by atoms with Crippen LogP contribution in [0.1, 0.15) is 127 Å². The number of carboxylic acids is 1. The molecule has 3 fully saturated rings. The molecule has 10 heteroatoms. The lowest BCUT2D eigenvalue weighted by molar-refractivity contribution is -0.255. The van der Waals surface area contributed by atoms with Crippen molar-refractivity contribution in [2.24, 2.45) is 5.92 Å². The number of nitrogens with one attached hydrogen (secondary N) is 2. The molecular weight excluding hydrogens is 622 g/mol. The van der Waals surface area contributed by atoms with Crippen molar-refractivity contribution >= 4 is 23.5 Å². The summed E-state index contributed by atoms with van der Waals surface area (Å²) in [6, 6.07) is 15.5. The molecule has 6 unspecified atom stereocenters. The number of aliphatic carboxylic acids is 1. The molecule has 4 N–H and O–H groups in total. The van der Waals surface area contributed by atoms with E-state index < -0.39 is 12.3 Å². The van der Waals surface area contributed by atoms with Gasteiger partial charge in [-0.25, -0.2) is 0 Å². The average Bonchev–Trinajstić information content (AvgIpc) is 3.07. The number of nitrogens with zero attached hydrogens (tertiary/aromatic N) is 1. The fourth-order valence-electron chi connectivity index (χ4n) is 7.68. The number of fused-ring (bicyclic) bond motifs is 1. The second-order valence-corrected chi connectivity index (χ2v) is 15.1. The van der Waals surface area contributed by atoms with Crippen molar-refractivity contribution in [3.05, 3.63) is 65.2 Å². The lowest BCUT2D eigenvalue weighted by atomic mass is 9.75. The number of rotatable bonds is 13. The molecule has 0 radical (unpaired) electrons. The van der Waals surface area contributed by atoms with Crippen LogP contribution in [0.2, 0.25) is 0 Å². The average molecular weight is 678 g/mol. The van der Waals surface area contributed by atoms with Crippen LogP contribution in [-0.2, 0) is 30.5 Å². The van der Waals surface area contributed by atoms with Crippen LogP contribution >= 0.6 is 0 Å². The Bertz CT molecular complexity index is 1390. The lowest BCUT2D eigenvalue weighted by Crippen LogP contribution is -2.61. The standard InChI is InChI=1S/C39H55N3O7/c1-39(2,3)41-37(47)33-22-19-27-9-7-8-10-32(27)42(33)24-31-23-34(28-15-13-26(25-43)14-16-28)49-38(48-31)29-17-20-30(21-18-29)40-35(44)11-5-4-6-12-36(45)46/h13-18,20-21,27,31-34,38,43H,4-12,19,22-25H2,1-3H3,(H,40,44)(H,41,47)(H,45,46). The molecule has 2 aliphatic heterocycles. The third kappa shape index (κ3) is 10.6. The van der Waals surface area contributed by atoms with Gasteiger partial charge >= 0.3 is 5.97 Å². The first kappa shape index (κ1) is 37.0. The second-order valence-electron chi connectivity index (χ2n) is 15.1. The van der Waals surface area contributed by atoms with Gasteiger partial charge in [-0.05, 0) is 88.5 Å². The van der Waals surface area contributed by atoms with Gasteiger partial charge in [-0.2, -0.15) is 0 Å². The van der Waals surface area contributed by atoms with Gasteiger partial charge in [-0.15, -0.1) is 0 Å². The molecule has 2 amide bonds. The number of piperidine rings is 1. The molecule has 3 aliphatic rings. The van der Waals surface area contributed by atoms with Crippen molar-refractivity contribution in [2.45, 2.75) is 141 Å². The maximum absolute atomic E-state index is 13.7. The zero-order valence-corrected chi connectivity index (χ0v) is 29.4. The van der Waals surface area contributed by atoms with Crippen LogP contribution in [0.5, 0.6) is 0 Å². The Kier molecular flexibility index (Phi) is 12.9. The van der Waals surface area contributed by atoms with Crippen LogP contribution in [0.4, 0.5) is 5.69 Å². The Balaban J connectivity index is 1.32. The van der Waals surface area contributed by atoms with Crippen molar-refractivity contribution < 1.29 is 34.1 Å². The number of ether oxygens (including phenoxy) is 2. The van der Waals surface area contributed by atoms with Crippen molar-refractivity contribution in [2.75, 3.05) is 11.9 Å². The van der Waals surface area contributed by atoms with Crippen molar-refractivity contribution in [1.82, 2.24) is 10.2 Å². The summed E-state index contributed by atoms with van der Waals surface area (Å²) in [4.78, 5) is 39.4. The number of likely N-dealkylation sites (tertiary alicyclic amines) is 1. The molecule has 0 aromatic heterocycles.